The van der Waals surface area contributed by atoms with Crippen molar-refractivity contribution in [3.8, 4) is 5.75 Å². The number of nitrogens with one attached hydrogen (secondary N) is 1. The molecule has 0 saturated carbocycles. The van der Waals surface area contributed by atoms with E-state index >= 15 is 0 Å². The zero-order chi connectivity index (χ0) is 15.9. The molecule has 0 saturated heterocycles. The lowest BCUT2D eigenvalue weighted by molar-refractivity contribution is 0.142. The lowest BCUT2D eigenvalue weighted by Gasteiger charge is -2.27. The summed E-state index contributed by atoms with van der Waals surface area (Å²) in [5.41, 5.74) is 8.35. The SMILES string of the molecule is COc1cccc(CNC(c2ccccc2)C(N)C(C)O)c1. The number of rotatable bonds is 7. The fourth-order valence-electron chi connectivity index (χ4n) is 2.43. The molecule has 118 valence electrons. The average Bonchev–Trinajstić information content (AvgIpc) is 2.56. The third-order valence-corrected chi connectivity index (χ3v) is 3.76. The predicted octanol–water partition coefficient (Wildman–Crippen LogP) is 2.23. The molecule has 4 heteroatoms. The molecule has 0 bridgehead atoms. The average molecular weight is 300 g/mol. The summed E-state index contributed by atoms with van der Waals surface area (Å²) in [6.45, 7) is 2.37. The van der Waals surface area contributed by atoms with Crippen LogP contribution in [-0.4, -0.2) is 24.4 Å². The number of hydrogen-bond acceptors (Lipinski definition) is 4. The van der Waals surface area contributed by atoms with Gasteiger partial charge in [0.15, 0.2) is 0 Å². The van der Waals surface area contributed by atoms with Crippen molar-refractivity contribution >= 4 is 0 Å². The van der Waals surface area contributed by atoms with Gasteiger partial charge in [0, 0.05) is 12.6 Å². The van der Waals surface area contributed by atoms with Crippen LogP contribution in [0.1, 0.15) is 24.1 Å². The highest BCUT2D eigenvalue weighted by Gasteiger charge is 2.23. The van der Waals surface area contributed by atoms with Gasteiger partial charge in [0.1, 0.15) is 5.75 Å². The molecule has 3 atom stereocenters. The number of methoxy groups -OCH3 is 1. The Kier molecular flexibility index (Phi) is 5.95. The van der Waals surface area contributed by atoms with Crippen LogP contribution < -0.4 is 15.8 Å². The van der Waals surface area contributed by atoms with E-state index in [1.807, 2.05) is 54.6 Å². The van der Waals surface area contributed by atoms with Gasteiger partial charge < -0.3 is 20.9 Å². The second-order valence-corrected chi connectivity index (χ2v) is 5.44. The van der Waals surface area contributed by atoms with Gasteiger partial charge in [0.25, 0.3) is 0 Å². The molecule has 4 N–H and O–H groups in total. The van der Waals surface area contributed by atoms with Crippen molar-refractivity contribution < 1.29 is 9.84 Å². The molecule has 0 aromatic heterocycles. The lowest BCUT2D eigenvalue weighted by Crippen LogP contribution is -2.44. The first-order valence-corrected chi connectivity index (χ1v) is 7.46. The molecule has 0 amide bonds. The van der Waals surface area contributed by atoms with Gasteiger partial charge in [0.2, 0.25) is 0 Å². The first-order valence-electron chi connectivity index (χ1n) is 7.46. The summed E-state index contributed by atoms with van der Waals surface area (Å²) < 4.78 is 5.24. The third kappa shape index (κ3) is 4.31. The van der Waals surface area contributed by atoms with E-state index in [0.29, 0.717) is 6.54 Å². The van der Waals surface area contributed by atoms with Crippen LogP contribution in [-0.2, 0) is 6.54 Å². The fraction of sp³-hybridized carbons (Fsp3) is 0.333. The van der Waals surface area contributed by atoms with Crippen molar-refractivity contribution in [1.82, 2.24) is 5.32 Å². The maximum absolute atomic E-state index is 9.85. The summed E-state index contributed by atoms with van der Waals surface area (Å²) in [4.78, 5) is 0. The van der Waals surface area contributed by atoms with E-state index in [1.54, 1.807) is 14.0 Å². The third-order valence-electron chi connectivity index (χ3n) is 3.76. The molecule has 0 heterocycles. The Morgan fingerprint density at radius 1 is 1.14 bits per heavy atom. The largest absolute Gasteiger partial charge is 0.497 e. The van der Waals surface area contributed by atoms with E-state index in [1.165, 1.54) is 0 Å². The fourth-order valence-corrected chi connectivity index (χ4v) is 2.43. The first-order chi connectivity index (χ1) is 10.6. The van der Waals surface area contributed by atoms with E-state index in [-0.39, 0.29) is 12.1 Å². The summed E-state index contributed by atoms with van der Waals surface area (Å²) in [7, 11) is 1.66. The van der Waals surface area contributed by atoms with Crippen LogP contribution in [0.4, 0.5) is 0 Å². The lowest BCUT2D eigenvalue weighted by atomic mass is 9.96. The zero-order valence-electron chi connectivity index (χ0n) is 13.1. The van der Waals surface area contributed by atoms with Crippen molar-refractivity contribution in [2.75, 3.05) is 7.11 Å². The second-order valence-electron chi connectivity index (χ2n) is 5.44. The molecule has 2 rings (SSSR count). The molecule has 0 radical (unpaired) electrons. The van der Waals surface area contributed by atoms with E-state index in [9.17, 15) is 5.11 Å². The van der Waals surface area contributed by atoms with Crippen LogP contribution in [0.5, 0.6) is 5.75 Å². The Morgan fingerprint density at radius 3 is 2.50 bits per heavy atom. The normalized spacial score (nSPS) is 15.1. The van der Waals surface area contributed by atoms with Gasteiger partial charge in [0.05, 0.1) is 19.3 Å². The monoisotopic (exact) mass is 300 g/mol. The summed E-state index contributed by atoms with van der Waals surface area (Å²) in [6, 6.07) is 17.4. The van der Waals surface area contributed by atoms with Gasteiger partial charge in [-0.2, -0.15) is 0 Å². The highest BCUT2D eigenvalue weighted by molar-refractivity contribution is 5.29. The molecule has 0 fully saturated rings. The van der Waals surface area contributed by atoms with Crippen molar-refractivity contribution in [3.63, 3.8) is 0 Å². The Balaban J connectivity index is 2.13. The molecule has 4 nitrogen and oxygen atoms in total. The van der Waals surface area contributed by atoms with Crippen molar-refractivity contribution in [2.24, 2.45) is 5.73 Å². The number of hydrogen-bond donors (Lipinski definition) is 3. The van der Waals surface area contributed by atoms with Crippen LogP contribution >= 0.6 is 0 Å². The molecule has 3 unspecified atom stereocenters. The van der Waals surface area contributed by atoms with Gasteiger partial charge in [-0.15, -0.1) is 0 Å². The Morgan fingerprint density at radius 2 is 1.86 bits per heavy atom. The van der Waals surface area contributed by atoms with Crippen LogP contribution in [0.15, 0.2) is 54.6 Å². The van der Waals surface area contributed by atoms with Gasteiger partial charge in [-0.05, 0) is 30.2 Å². The summed E-state index contributed by atoms with van der Waals surface area (Å²) in [6.07, 6.45) is -0.594. The molecule has 0 spiro atoms. The summed E-state index contributed by atoms with van der Waals surface area (Å²) >= 11 is 0. The Hall–Kier alpha value is -1.88. The maximum atomic E-state index is 9.85. The van der Waals surface area contributed by atoms with Gasteiger partial charge in [-0.3, -0.25) is 0 Å². The number of benzene rings is 2. The van der Waals surface area contributed by atoms with E-state index in [4.69, 9.17) is 10.5 Å². The Labute approximate surface area is 131 Å². The highest BCUT2D eigenvalue weighted by atomic mass is 16.5. The van der Waals surface area contributed by atoms with Crippen molar-refractivity contribution in [2.45, 2.75) is 31.7 Å². The predicted molar refractivity (Wildman–Crippen MR) is 88.7 cm³/mol. The highest BCUT2D eigenvalue weighted by Crippen LogP contribution is 2.19. The molecule has 0 aliphatic heterocycles. The number of aliphatic hydroxyl groups is 1. The van der Waals surface area contributed by atoms with E-state index < -0.39 is 6.10 Å². The minimum absolute atomic E-state index is 0.118. The van der Waals surface area contributed by atoms with Gasteiger partial charge in [-0.25, -0.2) is 0 Å². The molecule has 0 aliphatic carbocycles. The number of nitrogens with two attached hydrogens (primary N) is 1. The molecular weight excluding hydrogens is 276 g/mol. The van der Waals surface area contributed by atoms with Crippen LogP contribution in [0.2, 0.25) is 0 Å². The molecule has 2 aromatic carbocycles. The second kappa shape index (κ2) is 7.94. The minimum Gasteiger partial charge on any atom is -0.497 e. The van der Waals surface area contributed by atoms with Crippen LogP contribution in [0.3, 0.4) is 0 Å². The van der Waals surface area contributed by atoms with Crippen molar-refractivity contribution in [1.29, 1.82) is 0 Å². The van der Waals surface area contributed by atoms with Crippen LogP contribution in [0.25, 0.3) is 0 Å². The molecule has 22 heavy (non-hydrogen) atoms. The van der Waals surface area contributed by atoms with E-state index in [2.05, 4.69) is 5.32 Å². The number of aliphatic hydroxyl groups excluding tert-OH is 1. The van der Waals surface area contributed by atoms with Gasteiger partial charge in [-0.1, -0.05) is 42.5 Å². The van der Waals surface area contributed by atoms with E-state index in [0.717, 1.165) is 16.9 Å². The van der Waals surface area contributed by atoms with Crippen molar-refractivity contribution in [3.05, 3.63) is 65.7 Å². The first kappa shape index (κ1) is 16.5. The number of ether oxygens (including phenoxy) is 1. The summed E-state index contributed by atoms with van der Waals surface area (Å²) in [5, 5.41) is 13.3. The quantitative estimate of drug-likeness (QED) is 0.733. The molecule has 0 aliphatic rings. The topological polar surface area (TPSA) is 67.5 Å². The Bertz CT molecular complexity index is 572. The zero-order valence-corrected chi connectivity index (χ0v) is 13.1. The standard InChI is InChI=1S/C18H24N2O2/c1-13(21)17(19)18(15-8-4-3-5-9-15)20-12-14-7-6-10-16(11-14)22-2/h3-11,13,17-18,20-21H,12,19H2,1-2H3. The smallest absolute Gasteiger partial charge is 0.119 e. The summed E-state index contributed by atoms with van der Waals surface area (Å²) in [5.74, 6) is 0.829. The minimum atomic E-state index is -0.594. The van der Waals surface area contributed by atoms with Gasteiger partial charge >= 0.3 is 0 Å². The molecule has 2 aromatic rings. The molecular formula is C18H24N2O2. The maximum Gasteiger partial charge on any atom is 0.119 e. The van der Waals surface area contributed by atoms with Crippen LogP contribution in [0, 0.1) is 0 Å².